The molecule has 8 rings (SSSR count). The molecule has 0 fully saturated rings. The van der Waals surface area contributed by atoms with E-state index in [1.54, 1.807) is 26.0 Å². The van der Waals surface area contributed by atoms with Crippen LogP contribution in [0.3, 0.4) is 0 Å². The molecule has 11 heteroatoms. The van der Waals surface area contributed by atoms with Crippen molar-refractivity contribution in [2.24, 2.45) is 14.1 Å². The zero-order valence-corrected chi connectivity index (χ0v) is 31.6. The number of aliphatic hydroxyl groups is 1. The average molecular weight is 729 g/mol. The van der Waals surface area contributed by atoms with E-state index in [1.807, 2.05) is 99.5 Å². The van der Waals surface area contributed by atoms with E-state index < -0.39 is 0 Å². The number of rotatable bonds is 4. The van der Waals surface area contributed by atoms with E-state index in [2.05, 4.69) is 9.97 Å². The standard InChI is InChI=1S/2C20H18N2O3.C3H8O/c2*1-11(2)19-17(18(24)13-9-8-12(23)10-16(13)25-19)20-21-14-6-4-5-7-15(14)22(20)3;1-3(2)4/h2*4-11,23H,1-3H3;3-4H,1-2H3. The molecule has 4 heterocycles. The summed E-state index contributed by atoms with van der Waals surface area (Å²) in [7, 11) is 3.80. The summed E-state index contributed by atoms with van der Waals surface area (Å²) in [5.41, 5.74) is 5.03. The summed E-state index contributed by atoms with van der Waals surface area (Å²) < 4.78 is 15.8. The third-order valence-corrected chi connectivity index (χ3v) is 8.88. The Labute approximate surface area is 311 Å². The Morgan fingerprint density at radius 2 is 0.926 bits per heavy atom. The lowest BCUT2D eigenvalue weighted by Gasteiger charge is -2.12. The monoisotopic (exact) mass is 728 g/mol. The minimum atomic E-state index is -0.167. The van der Waals surface area contributed by atoms with E-state index in [0.717, 1.165) is 22.1 Å². The van der Waals surface area contributed by atoms with Crippen LogP contribution >= 0.6 is 0 Å². The Balaban J connectivity index is 0.000000168. The number of aromatic nitrogens is 4. The molecule has 54 heavy (non-hydrogen) atoms. The summed E-state index contributed by atoms with van der Waals surface area (Å²) >= 11 is 0. The van der Waals surface area contributed by atoms with Crippen LogP contribution in [0.1, 0.15) is 64.9 Å². The third kappa shape index (κ3) is 7.10. The molecule has 0 spiro atoms. The number of phenols is 2. The van der Waals surface area contributed by atoms with E-state index in [0.29, 0.717) is 56.2 Å². The number of fused-ring (bicyclic) bond motifs is 4. The van der Waals surface area contributed by atoms with Crippen molar-refractivity contribution in [2.75, 3.05) is 0 Å². The summed E-state index contributed by atoms with van der Waals surface area (Å²) in [6.45, 7) is 11.3. The van der Waals surface area contributed by atoms with Gasteiger partial charge in [0.2, 0.25) is 10.9 Å². The first kappa shape index (κ1) is 37.6. The second-order valence-electron chi connectivity index (χ2n) is 14.1. The average Bonchev–Trinajstić information content (AvgIpc) is 3.63. The molecule has 3 N–H and O–H groups in total. The Morgan fingerprint density at radius 3 is 1.26 bits per heavy atom. The number of aryl methyl sites for hydroxylation is 2. The van der Waals surface area contributed by atoms with E-state index in [1.165, 1.54) is 24.3 Å². The Morgan fingerprint density at radius 1 is 0.574 bits per heavy atom. The molecule has 0 amide bonds. The first-order valence-corrected chi connectivity index (χ1v) is 17.8. The smallest absolute Gasteiger partial charge is 0.203 e. The lowest BCUT2D eigenvalue weighted by atomic mass is 10.0. The molecule has 0 aliphatic carbocycles. The van der Waals surface area contributed by atoms with Crippen molar-refractivity contribution in [1.29, 1.82) is 0 Å². The molecule has 4 aromatic heterocycles. The lowest BCUT2D eigenvalue weighted by Crippen LogP contribution is -2.12. The predicted octanol–water partition coefficient (Wildman–Crippen LogP) is 8.74. The van der Waals surface area contributed by atoms with Gasteiger partial charge in [0, 0.05) is 44.2 Å². The summed E-state index contributed by atoms with van der Waals surface area (Å²) in [6, 6.07) is 24.7. The highest BCUT2D eigenvalue weighted by atomic mass is 16.3. The molecule has 0 atom stereocenters. The maximum atomic E-state index is 13.2. The van der Waals surface area contributed by atoms with Crippen molar-refractivity contribution in [2.45, 2.75) is 59.5 Å². The van der Waals surface area contributed by atoms with Crippen molar-refractivity contribution in [1.82, 2.24) is 19.1 Å². The number of aromatic hydroxyl groups is 2. The summed E-state index contributed by atoms with van der Waals surface area (Å²) in [6.07, 6.45) is -0.167. The van der Waals surface area contributed by atoms with Crippen molar-refractivity contribution >= 4 is 44.0 Å². The number of phenolic OH excluding ortho intramolecular Hbond substituents is 2. The van der Waals surface area contributed by atoms with Crippen LogP contribution in [0.5, 0.6) is 11.5 Å². The molecule has 4 aromatic carbocycles. The lowest BCUT2D eigenvalue weighted by molar-refractivity contribution is 0.216. The quantitative estimate of drug-likeness (QED) is 0.161. The molecular weight excluding hydrogens is 684 g/mol. The SMILES string of the molecule is CC(C)O.CC(C)c1oc2cc(O)ccc2c(=O)c1-c1nc2ccccc2n1C.CC(C)c1oc2cc(O)ccc2c(=O)c1-c1nc2ccccc2n1C. The summed E-state index contributed by atoms with van der Waals surface area (Å²) in [5, 5.41) is 28.3. The van der Waals surface area contributed by atoms with Gasteiger partial charge in [0.1, 0.15) is 57.0 Å². The number of imidazole rings is 2. The van der Waals surface area contributed by atoms with Gasteiger partial charge in [0.15, 0.2) is 0 Å². The number of hydrogen-bond acceptors (Lipinski definition) is 9. The first-order valence-electron chi connectivity index (χ1n) is 17.8. The van der Waals surface area contributed by atoms with Crippen LogP contribution in [-0.2, 0) is 14.1 Å². The van der Waals surface area contributed by atoms with Crippen molar-refractivity contribution in [3.63, 3.8) is 0 Å². The number of nitrogens with zero attached hydrogens (tertiary/aromatic N) is 4. The highest BCUT2D eigenvalue weighted by molar-refractivity contribution is 5.87. The predicted molar refractivity (Wildman–Crippen MR) is 213 cm³/mol. The number of aliphatic hydroxyl groups excluding tert-OH is 1. The number of benzene rings is 4. The fraction of sp³-hybridized carbons (Fsp3) is 0.256. The van der Waals surface area contributed by atoms with Crippen LogP contribution in [0.2, 0.25) is 0 Å². The Hall–Kier alpha value is -6.20. The molecule has 0 saturated heterocycles. The normalized spacial score (nSPS) is 11.5. The van der Waals surface area contributed by atoms with Crippen LogP contribution in [0.4, 0.5) is 0 Å². The fourth-order valence-corrected chi connectivity index (χ4v) is 6.37. The number of hydrogen-bond donors (Lipinski definition) is 3. The van der Waals surface area contributed by atoms with E-state index in [9.17, 15) is 19.8 Å². The highest BCUT2D eigenvalue weighted by Gasteiger charge is 2.24. The maximum absolute atomic E-state index is 13.2. The topological polar surface area (TPSA) is 157 Å². The molecular formula is C43H44N4O7. The molecule has 0 unspecified atom stereocenters. The van der Waals surface area contributed by atoms with E-state index in [-0.39, 0.29) is 40.3 Å². The maximum Gasteiger partial charge on any atom is 0.203 e. The highest BCUT2D eigenvalue weighted by Crippen LogP contribution is 2.33. The van der Waals surface area contributed by atoms with Gasteiger partial charge < -0.3 is 33.3 Å². The molecule has 0 bridgehead atoms. The fourth-order valence-electron chi connectivity index (χ4n) is 6.37. The van der Waals surface area contributed by atoms with Gasteiger partial charge >= 0.3 is 0 Å². The van der Waals surface area contributed by atoms with Crippen molar-refractivity contribution < 1.29 is 24.2 Å². The second kappa shape index (κ2) is 15.0. The largest absolute Gasteiger partial charge is 0.508 e. The minimum absolute atomic E-state index is 0.00531. The zero-order valence-electron chi connectivity index (χ0n) is 31.6. The van der Waals surface area contributed by atoms with Gasteiger partial charge in [-0.25, -0.2) is 9.97 Å². The van der Waals surface area contributed by atoms with Gasteiger partial charge in [-0.05, 0) is 62.4 Å². The van der Waals surface area contributed by atoms with Gasteiger partial charge in [0.25, 0.3) is 0 Å². The van der Waals surface area contributed by atoms with Crippen molar-refractivity contribution in [3.8, 4) is 34.3 Å². The van der Waals surface area contributed by atoms with Gasteiger partial charge in [-0.1, -0.05) is 52.0 Å². The van der Waals surface area contributed by atoms with Gasteiger partial charge in [-0.3, -0.25) is 9.59 Å². The van der Waals surface area contributed by atoms with E-state index >= 15 is 0 Å². The van der Waals surface area contributed by atoms with Gasteiger partial charge in [0.05, 0.1) is 32.8 Å². The zero-order chi connectivity index (χ0) is 39.0. The van der Waals surface area contributed by atoms with Crippen LogP contribution in [-0.4, -0.2) is 40.5 Å². The summed E-state index contributed by atoms with van der Waals surface area (Å²) in [4.78, 5) is 35.7. The molecule has 0 radical (unpaired) electrons. The summed E-state index contributed by atoms with van der Waals surface area (Å²) in [5.74, 6) is 2.45. The van der Waals surface area contributed by atoms with Crippen LogP contribution in [0, 0.1) is 0 Å². The molecule has 278 valence electrons. The molecule has 0 aliphatic rings. The Kier molecular flexibility index (Phi) is 10.5. The van der Waals surface area contributed by atoms with Crippen LogP contribution in [0.15, 0.2) is 103 Å². The molecule has 0 aliphatic heterocycles. The van der Waals surface area contributed by atoms with Gasteiger partial charge in [-0.15, -0.1) is 0 Å². The molecule has 11 nitrogen and oxygen atoms in total. The van der Waals surface area contributed by atoms with Gasteiger partial charge in [-0.2, -0.15) is 0 Å². The number of para-hydroxylation sites is 4. The van der Waals surface area contributed by atoms with Crippen LogP contribution < -0.4 is 10.9 Å². The molecule has 0 saturated carbocycles. The molecule has 8 aromatic rings. The van der Waals surface area contributed by atoms with Crippen LogP contribution in [0.25, 0.3) is 66.8 Å². The van der Waals surface area contributed by atoms with Crippen molar-refractivity contribution in [3.05, 3.63) is 117 Å². The first-order chi connectivity index (χ1) is 25.7. The Bertz CT molecular complexity index is 2580. The second-order valence-corrected chi connectivity index (χ2v) is 14.1. The minimum Gasteiger partial charge on any atom is -0.508 e. The van der Waals surface area contributed by atoms with E-state index in [4.69, 9.17) is 13.9 Å². The third-order valence-electron chi connectivity index (χ3n) is 8.88.